The highest BCUT2D eigenvalue weighted by Crippen LogP contribution is 2.22. The number of hydrogen-bond acceptors (Lipinski definition) is 2. The van der Waals surface area contributed by atoms with Crippen molar-refractivity contribution in [3.63, 3.8) is 0 Å². The summed E-state index contributed by atoms with van der Waals surface area (Å²) in [5, 5.41) is 2.90. The number of aryl methyl sites for hydroxylation is 2. The van der Waals surface area contributed by atoms with Crippen LogP contribution in [0.5, 0.6) is 0 Å². The van der Waals surface area contributed by atoms with Crippen LogP contribution in [-0.2, 0) is 6.42 Å². The van der Waals surface area contributed by atoms with Crippen molar-refractivity contribution < 1.29 is 4.79 Å². The largest absolute Gasteiger partial charge is 0.349 e. The molecule has 14 heavy (non-hydrogen) atoms. The van der Waals surface area contributed by atoms with E-state index in [0.29, 0.717) is 0 Å². The second-order valence-corrected chi connectivity index (χ2v) is 4.84. The predicted octanol–water partition coefficient (Wildman–Crippen LogP) is 2.76. The van der Waals surface area contributed by atoms with Crippen molar-refractivity contribution in [2.45, 2.75) is 40.2 Å². The molecule has 0 saturated carbocycles. The van der Waals surface area contributed by atoms with Crippen molar-refractivity contribution in [2.24, 2.45) is 0 Å². The molecule has 0 unspecified atom stereocenters. The van der Waals surface area contributed by atoms with Gasteiger partial charge < -0.3 is 5.32 Å². The Labute approximate surface area is 89.3 Å². The van der Waals surface area contributed by atoms with Gasteiger partial charge in [-0.2, -0.15) is 0 Å². The Hall–Kier alpha value is -0.830. The summed E-state index contributed by atoms with van der Waals surface area (Å²) in [7, 11) is 0. The number of rotatable bonds is 3. The quantitative estimate of drug-likeness (QED) is 0.818. The molecule has 2 nitrogen and oxygen atoms in total. The highest BCUT2D eigenvalue weighted by atomic mass is 32.1. The van der Waals surface area contributed by atoms with Crippen LogP contribution in [0.15, 0.2) is 6.07 Å². The molecular weight excluding hydrogens is 194 g/mol. The Morgan fingerprint density at radius 2 is 2.21 bits per heavy atom. The van der Waals surface area contributed by atoms with E-state index in [1.165, 1.54) is 10.4 Å². The summed E-state index contributed by atoms with van der Waals surface area (Å²) in [6.45, 7) is 8.11. The van der Waals surface area contributed by atoms with Gasteiger partial charge in [0.25, 0.3) is 5.91 Å². The molecule has 0 aliphatic rings. The van der Waals surface area contributed by atoms with Crippen LogP contribution in [0.2, 0.25) is 0 Å². The van der Waals surface area contributed by atoms with Crippen LogP contribution in [0.4, 0.5) is 0 Å². The lowest BCUT2D eigenvalue weighted by Crippen LogP contribution is -2.29. The molecule has 3 heteroatoms. The normalized spacial score (nSPS) is 10.6. The Balaban J connectivity index is 2.80. The van der Waals surface area contributed by atoms with Gasteiger partial charge in [0.2, 0.25) is 0 Å². The van der Waals surface area contributed by atoms with E-state index in [1.54, 1.807) is 11.3 Å². The van der Waals surface area contributed by atoms with E-state index < -0.39 is 0 Å². The van der Waals surface area contributed by atoms with Crippen LogP contribution in [-0.4, -0.2) is 11.9 Å². The first kappa shape index (κ1) is 11.2. The number of nitrogens with one attached hydrogen (secondary N) is 1. The van der Waals surface area contributed by atoms with Crippen LogP contribution >= 0.6 is 11.3 Å². The third kappa shape index (κ3) is 2.58. The van der Waals surface area contributed by atoms with Crippen LogP contribution < -0.4 is 5.32 Å². The van der Waals surface area contributed by atoms with Crippen molar-refractivity contribution in [1.82, 2.24) is 5.32 Å². The fourth-order valence-electron chi connectivity index (χ4n) is 1.32. The highest BCUT2D eigenvalue weighted by Gasteiger charge is 2.11. The monoisotopic (exact) mass is 211 g/mol. The number of thiophene rings is 1. The van der Waals surface area contributed by atoms with Gasteiger partial charge in [0.15, 0.2) is 0 Å². The maximum atomic E-state index is 11.6. The van der Waals surface area contributed by atoms with Gasteiger partial charge in [-0.15, -0.1) is 11.3 Å². The average Bonchev–Trinajstić information content (AvgIpc) is 2.45. The fraction of sp³-hybridized carbons (Fsp3) is 0.545. The third-order valence-electron chi connectivity index (χ3n) is 1.99. The predicted molar refractivity (Wildman–Crippen MR) is 61.0 cm³/mol. The van der Waals surface area contributed by atoms with Crippen LogP contribution in [0.25, 0.3) is 0 Å². The van der Waals surface area contributed by atoms with Crippen LogP contribution in [0.1, 0.15) is 40.9 Å². The highest BCUT2D eigenvalue weighted by molar-refractivity contribution is 7.14. The number of amides is 1. The zero-order valence-corrected chi connectivity index (χ0v) is 9.99. The topological polar surface area (TPSA) is 29.1 Å². The van der Waals surface area contributed by atoms with E-state index >= 15 is 0 Å². The molecule has 1 heterocycles. The zero-order chi connectivity index (χ0) is 10.7. The minimum atomic E-state index is 0.0489. The van der Waals surface area contributed by atoms with Crippen molar-refractivity contribution in [1.29, 1.82) is 0 Å². The van der Waals surface area contributed by atoms with E-state index in [2.05, 4.69) is 19.2 Å². The molecule has 0 radical (unpaired) electrons. The van der Waals surface area contributed by atoms with E-state index in [4.69, 9.17) is 0 Å². The molecule has 0 spiro atoms. The van der Waals surface area contributed by atoms with E-state index in [-0.39, 0.29) is 11.9 Å². The van der Waals surface area contributed by atoms with Gasteiger partial charge in [0.05, 0.1) is 4.88 Å². The fourth-order valence-corrected chi connectivity index (χ4v) is 2.33. The van der Waals surface area contributed by atoms with Crippen molar-refractivity contribution in [3.8, 4) is 0 Å². The molecular formula is C11H17NOS. The Morgan fingerprint density at radius 3 is 2.64 bits per heavy atom. The number of hydrogen-bond donors (Lipinski definition) is 1. The minimum absolute atomic E-state index is 0.0489. The first-order valence-corrected chi connectivity index (χ1v) is 5.76. The van der Waals surface area contributed by atoms with Gasteiger partial charge in [-0.25, -0.2) is 0 Å². The second kappa shape index (κ2) is 4.60. The lowest BCUT2D eigenvalue weighted by molar-refractivity contribution is 0.0947. The summed E-state index contributed by atoms with van der Waals surface area (Å²) in [6, 6.07) is 2.18. The lowest BCUT2D eigenvalue weighted by Gasteiger charge is -2.05. The molecule has 0 fully saturated rings. The summed E-state index contributed by atoms with van der Waals surface area (Å²) in [4.78, 5) is 13.8. The SMILES string of the molecule is CCc1sc(C(=O)NC(C)C)cc1C. The molecule has 1 N–H and O–H groups in total. The number of carbonyl (C=O) groups is 1. The summed E-state index contributed by atoms with van der Waals surface area (Å²) in [5.41, 5.74) is 1.23. The van der Waals surface area contributed by atoms with E-state index in [9.17, 15) is 4.79 Å². The van der Waals surface area contributed by atoms with Gasteiger partial charge in [-0.3, -0.25) is 4.79 Å². The third-order valence-corrected chi connectivity index (χ3v) is 3.37. The summed E-state index contributed by atoms with van der Waals surface area (Å²) < 4.78 is 0. The molecule has 0 saturated heterocycles. The maximum absolute atomic E-state index is 11.6. The first-order valence-electron chi connectivity index (χ1n) is 4.94. The number of carbonyl (C=O) groups excluding carboxylic acids is 1. The van der Waals surface area contributed by atoms with Crippen molar-refractivity contribution >= 4 is 17.2 Å². The molecule has 1 amide bonds. The molecule has 1 rings (SSSR count). The van der Waals surface area contributed by atoms with Crippen LogP contribution in [0.3, 0.4) is 0 Å². The molecule has 1 aromatic rings. The summed E-state index contributed by atoms with van der Waals surface area (Å²) in [5.74, 6) is 0.0489. The molecule has 0 bridgehead atoms. The van der Waals surface area contributed by atoms with Gasteiger partial charge in [-0.1, -0.05) is 6.92 Å². The second-order valence-electron chi connectivity index (χ2n) is 3.70. The smallest absolute Gasteiger partial charge is 0.261 e. The van der Waals surface area contributed by atoms with Crippen LogP contribution in [0, 0.1) is 6.92 Å². The Kier molecular flexibility index (Phi) is 3.69. The summed E-state index contributed by atoms with van der Waals surface area (Å²) in [6.07, 6.45) is 1.01. The standard InChI is InChI=1S/C11H17NOS/c1-5-9-8(4)6-10(14-9)11(13)12-7(2)3/h6-7H,5H2,1-4H3,(H,12,13). The van der Waals surface area contributed by atoms with Gasteiger partial charge >= 0.3 is 0 Å². The maximum Gasteiger partial charge on any atom is 0.261 e. The molecule has 1 aromatic heterocycles. The molecule has 0 aromatic carbocycles. The summed E-state index contributed by atoms with van der Waals surface area (Å²) >= 11 is 1.60. The van der Waals surface area contributed by atoms with Gasteiger partial charge in [-0.05, 0) is 38.8 Å². The Morgan fingerprint density at radius 1 is 1.57 bits per heavy atom. The Bertz CT molecular complexity index is 328. The van der Waals surface area contributed by atoms with E-state index in [1.807, 2.05) is 19.9 Å². The van der Waals surface area contributed by atoms with Crippen molar-refractivity contribution in [3.05, 3.63) is 21.4 Å². The average molecular weight is 211 g/mol. The first-order chi connectivity index (χ1) is 6.54. The van der Waals surface area contributed by atoms with Crippen molar-refractivity contribution in [2.75, 3.05) is 0 Å². The lowest BCUT2D eigenvalue weighted by atomic mass is 10.2. The van der Waals surface area contributed by atoms with Gasteiger partial charge in [0.1, 0.15) is 0 Å². The molecule has 0 aliphatic carbocycles. The van der Waals surface area contributed by atoms with E-state index in [0.717, 1.165) is 11.3 Å². The molecule has 0 aliphatic heterocycles. The van der Waals surface area contributed by atoms with Gasteiger partial charge in [0, 0.05) is 10.9 Å². The zero-order valence-electron chi connectivity index (χ0n) is 9.18. The molecule has 0 atom stereocenters. The minimum Gasteiger partial charge on any atom is -0.349 e. The molecule has 78 valence electrons.